The molecule has 1 aliphatic heterocycles. The van der Waals surface area contributed by atoms with Crippen molar-refractivity contribution in [3.8, 4) is 0 Å². The van der Waals surface area contributed by atoms with Gasteiger partial charge in [-0.05, 0) is 12.2 Å². The molecule has 0 aromatic rings. The molecule has 0 aromatic carbocycles. The summed E-state index contributed by atoms with van der Waals surface area (Å²) in [6.07, 6.45) is -1.40. The molecule has 2 rings (SSSR count). The average Bonchev–Trinajstić information content (AvgIpc) is 2.21. The van der Waals surface area contributed by atoms with E-state index in [1.54, 1.807) is 0 Å². The van der Waals surface area contributed by atoms with E-state index in [4.69, 9.17) is 0 Å². The minimum Gasteiger partial charge on any atom is -0.399 e. The van der Waals surface area contributed by atoms with Crippen LogP contribution < -0.4 is 0 Å². The van der Waals surface area contributed by atoms with Crippen LogP contribution in [0.2, 0.25) is 0 Å². The molecule has 5 heteroatoms. The zero-order valence-electron chi connectivity index (χ0n) is 5.84. The second-order valence-corrected chi connectivity index (χ2v) is 2.43. The van der Waals surface area contributed by atoms with Gasteiger partial charge >= 0.3 is 6.29 Å². The van der Waals surface area contributed by atoms with E-state index in [-0.39, 0.29) is 23.7 Å². The average molecular weight is 174 g/mol. The standard InChI is InChI=1S/C7H4F2O3/c8-7(9)11-5-2-1-4(10)3-6(5)12-7/h1-2H,3H2. The van der Waals surface area contributed by atoms with Gasteiger partial charge in [-0.2, -0.15) is 0 Å². The highest BCUT2D eigenvalue weighted by Gasteiger charge is 2.45. The van der Waals surface area contributed by atoms with E-state index in [2.05, 4.69) is 9.47 Å². The number of halogens is 2. The predicted molar refractivity (Wildman–Crippen MR) is 32.9 cm³/mol. The molecule has 3 nitrogen and oxygen atoms in total. The van der Waals surface area contributed by atoms with Crippen LogP contribution in [0.3, 0.4) is 0 Å². The van der Waals surface area contributed by atoms with Crippen LogP contribution in [0, 0.1) is 0 Å². The summed E-state index contributed by atoms with van der Waals surface area (Å²) in [5.74, 6) is -0.415. The third-order valence-corrected chi connectivity index (χ3v) is 1.50. The molecule has 1 aliphatic carbocycles. The van der Waals surface area contributed by atoms with E-state index in [1.165, 1.54) is 12.2 Å². The lowest BCUT2D eigenvalue weighted by Crippen LogP contribution is -2.16. The molecular formula is C7H4F2O3. The number of hydrogen-bond acceptors (Lipinski definition) is 3. The van der Waals surface area contributed by atoms with Crippen LogP contribution in [0.25, 0.3) is 0 Å². The monoisotopic (exact) mass is 174 g/mol. The van der Waals surface area contributed by atoms with Crippen molar-refractivity contribution >= 4 is 5.78 Å². The third-order valence-electron chi connectivity index (χ3n) is 1.50. The molecule has 12 heavy (non-hydrogen) atoms. The highest BCUT2D eigenvalue weighted by atomic mass is 19.3. The second kappa shape index (κ2) is 2.06. The van der Waals surface area contributed by atoms with Crippen molar-refractivity contribution in [1.82, 2.24) is 0 Å². The topological polar surface area (TPSA) is 35.5 Å². The number of ether oxygens (including phenoxy) is 2. The summed E-state index contributed by atoms with van der Waals surface area (Å²) in [4.78, 5) is 10.7. The van der Waals surface area contributed by atoms with Crippen LogP contribution in [0.5, 0.6) is 0 Å². The Morgan fingerprint density at radius 2 is 2.08 bits per heavy atom. The van der Waals surface area contributed by atoms with E-state index in [9.17, 15) is 13.6 Å². The van der Waals surface area contributed by atoms with Gasteiger partial charge in [0.15, 0.2) is 17.3 Å². The number of hydrogen-bond donors (Lipinski definition) is 0. The van der Waals surface area contributed by atoms with Gasteiger partial charge in [0.05, 0.1) is 6.42 Å². The van der Waals surface area contributed by atoms with Gasteiger partial charge in [-0.1, -0.05) is 0 Å². The van der Waals surface area contributed by atoms with E-state index >= 15 is 0 Å². The van der Waals surface area contributed by atoms with Gasteiger partial charge in [0, 0.05) is 0 Å². The van der Waals surface area contributed by atoms with Crippen LogP contribution in [0.1, 0.15) is 6.42 Å². The van der Waals surface area contributed by atoms with Crippen LogP contribution in [0.15, 0.2) is 23.7 Å². The first-order valence-electron chi connectivity index (χ1n) is 3.27. The minimum atomic E-state index is -3.61. The van der Waals surface area contributed by atoms with Crippen molar-refractivity contribution in [2.24, 2.45) is 0 Å². The summed E-state index contributed by atoms with van der Waals surface area (Å²) in [7, 11) is 0. The van der Waals surface area contributed by atoms with Gasteiger partial charge in [0.1, 0.15) is 0 Å². The van der Waals surface area contributed by atoms with Crippen molar-refractivity contribution in [1.29, 1.82) is 0 Å². The normalized spacial score (nSPS) is 25.0. The van der Waals surface area contributed by atoms with Crippen LogP contribution in [-0.4, -0.2) is 12.1 Å². The number of ketones is 1. The number of carbonyl (C=O) groups is 1. The molecule has 0 aromatic heterocycles. The fraction of sp³-hybridized carbons (Fsp3) is 0.286. The highest BCUT2D eigenvalue weighted by Crippen LogP contribution is 2.37. The maximum absolute atomic E-state index is 12.3. The molecule has 2 aliphatic rings. The minimum absolute atomic E-state index is 0.0559. The van der Waals surface area contributed by atoms with Gasteiger partial charge in [-0.15, -0.1) is 8.78 Å². The number of allylic oxidation sites excluding steroid dienone is 3. The molecule has 0 radical (unpaired) electrons. The maximum atomic E-state index is 12.3. The largest absolute Gasteiger partial charge is 0.585 e. The van der Waals surface area contributed by atoms with Crippen molar-refractivity contribution in [3.63, 3.8) is 0 Å². The first-order chi connectivity index (χ1) is 5.57. The first kappa shape index (κ1) is 7.27. The molecule has 0 unspecified atom stereocenters. The first-order valence-corrected chi connectivity index (χ1v) is 3.27. The Balaban J connectivity index is 2.25. The van der Waals surface area contributed by atoms with Gasteiger partial charge in [0.25, 0.3) is 0 Å². The van der Waals surface area contributed by atoms with Crippen molar-refractivity contribution in [3.05, 3.63) is 23.7 Å². The fourth-order valence-electron chi connectivity index (χ4n) is 1.04. The Bertz CT molecular complexity index is 304. The van der Waals surface area contributed by atoms with Gasteiger partial charge < -0.3 is 9.47 Å². The molecule has 0 N–H and O–H groups in total. The molecule has 1 heterocycles. The Morgan fingerprint density at radius 1 is 1.33 bits per heavy atom. The zero-order valence-corrected chi connectivity index (χ0v) is 5.84. The molecule has 0 spiro atoms. The molecule has 0 amide bonds. The lowest BCUT2D eigenvalue weighted by Gasteiger charge is -2.06. The highest BCUT2D eigenvalue weighted by molar-refractivity contribution is 5.93. The lowest BCUT2D eigenvalue weighted by molar-refractivity contribution is -0.336. The fourth-order valence-corrected chi connectivity index (χ4v) is 1.04. The summed E-state index contributed by atoms with van der Waals surface area (Å²) < 4.78 is 32.8. The zero-order chi connectivity index (χ0) is 8.77. The van der Waals surface area contributed by atoms with Crippen molar-refractivity contribution in [2.75, 3.05) is 0 Å². The Kier molecular flexibility index (Phi) is 1.25. The van der Waals surface area contributed by atoms with E-state index in [0.29, 0.717) is 0 Å². The smallest absolute Gasteiger partial charge is 0.399 e. The maximum Gasteiger partial charge on any atom is 0.585 e. The van der Waals surface area contributed by atoms with E-state index < -0.39 is 6.29 Å². The SMILES string of the molecule is O=C1C=CC2=C(C1)OC(F)(F)O2. The lowest BCUT2D eigenvalue weighted by atomic mass is 10.1. The van der Waals surface area contributed by atoms with E-state index in [0.717, 1.165) is 0 Å². The molecule has 0 saturated carbocycles. The number of alkyl halides is 2. The summed E-state index contributed by atoms with van der Waals surface area (Å²) in [6.45, 7) is 0. The van der Waals surface area contributed by atoms with E-state index in [1.807, 2.05) is 0 Å². The molecule has 64 valence electrons. The van der Waals surface area contributed by atoms with Crippen molar-refractivity contribution in [2.45, 2.75) is 12.7 Å². The quantitative estimate of drug-likeness (QED) is 0.555. The second-order valence-electron chi connectivity index (χ2n) is 2.43. The van der Waals surface area contributed by atoms with Gasteiger partial charge in [-0.3, -0.25) is 4.79 Å². The number of carbonyl (C=O) groups excluding carboxylic acids is 1. The summed E-state index contributed by atoms with van der Waals surface area (Å²) >= 11 is 0. The third kappa shape index (κ3) is 1.07. The predicted octanol–water partition coefficient (Wildman–Crippen LogP) is 1.32. The molecule has 0 atom stereocenters. The number of rotatable bonds is 0. The Labute approximate surface area is 66.3 Å². The summed E-state index contributed by atoms with van der Waals surface area (Å²) in [5, 5.41) is 0. The van der Waals surface area contributed by atoms with Crippen molar-refractivity contribution < 1.29 is 23.0 Å². The van der Waals surface area contributed by atoms with Crippen LogP contribution >= 0.6 is 0 Å². The molecular weight excluding hydrogens is 170 g/mol. The summed E-state index contributed by atoms with van der Waals surface area (Å²) in [6, 6.07) is 0. The van der Waals surface area contributed by atoms with Gasteiger partial charge in [-0.25, -0.2) is 0 Å². The Hall–Kier alpha value is -1.39. The molecule has 0 bridgehead atoms. The molecule has 0 saturated heterocycles. The molecule has 0 fully saturated rings. The van der Waals surface area contributed by atoms with Gasteiger partial charge in [0.2, 0.25) is 0 Å². The van der Waals surface area contributed by atoms with Crippen LogP contribution in [-0.2, 0) is 14.3 Å². The summed E-state index contributed by atoms with van der Waals surface area (Å²) in [5.41, 5.74) is 0. The van der Waals surface area contributed by atoms with Crippen LogP contribution in [0.4, 0.5) is 8.78 Å². The Morgan fingerprint density at radius 3 is 2.83 bits per heavy atom.